The minimum absolute atomic E-state index is 0.291. The lowest BCUT2D eigenvalue weighted by atomic mass is 10.3. The molecule has 0 bridgehead atoms. The van der Waals surface area contributed by atoms with E-state index in [2.05, 4.69) is 15.3 Å². The summed E-state index contributed by atoms with van der Waals surface area (Å²) >= 11 is 0. The smallest absolute Gasteiger partial charge is 0.224 e. The van der Waals surface area contributed by atoms with E-state index < -0.39 is 5.82 Å². The largest absolute Gasteiger partial charge is 0.354 e. The number of nitrogens with zero attached hydrogens (tertiary/aromatic N) is 3. The normalized spacial score (nSPS) is 10.3. The van der Waals surface area contributed by atoms with E-state index in [1.807, 2.05) is 49.1 Å². The minimum Gasteiger partial charge on any atom is -0.354 e. The quantitative estimate of drug-likeness (QED) is 0.896. The molecular formula is C14H17FN4. The van der Waals surface area contributed by atoms with Gasteiger partial charge in [-0.2, -0.15) is 4.98 Å². The maximum absolute atomic E-state index is 13.9. The molecule has 0 unspecified atom stereocenters. The molecule has 0 atom stereocenters. The Morgan fingerprint density at radius 1 is 1.21 bits per heavy atom. The van der Waals surface area contributed by atoms with Crippen LogP contribution in [-0.4, -0.2) is 23.1 Å². The average Bonchev–Trinajstić information content (AvgIpc) is 2.44. The highest BCUT2D eigenvalue weighted by Crippen LogP contribution is 2.25. The second kappa shape index (κ2) is 6.13. The first-order valence-electron chi connectivity index (χ1n) is 6.35. The van der Waals surface area contributed by atoms with E-state index in [4.69, 9.17) is 0 Å². The van der Waals surface area contributed by atoms with Crippen LogP contribution in [0.15, 0.2) is 36.5 Å². The Morgan fingerprint density at radius 2 is 1.95 bits per heavy atom. The van der Waals surface area contributed by atoms with Gasteiger partial charge in [0.25, 0.3) is 0 Å². The maximum atomic E-state index is 13.9. The van der Waals surface area contributed by atoms with Crippen LogP contribution >= 0.6 is 0 Å². The molecule has 19 heavy (non-hydrogen) atoms. The fraction of sp³-hybridized carbons (Fsp3) is 0.286. The second-order valence-electron chi connectivity index (χ2n) is 3.98. The van der Waals surface area contributed by atoms with Gasteiger partial charge in [-0.3, -0.25) is 0 Å². The zero-order valence-electron chi connectivity index (χ0n) is 11.1. The van der Waals surface area contributed by atoms with Gasteiger partial charge in [0.15, 0.2) is 11.6 Å². The van der Waals surface area contributed by atoms with Gasteiger partial charge in [0.2, 0.25) is 5.95 Å². The van der Waals surface area contributed by atoms with Crippen LogP contribution in [0.4, 0.5) is 21.8 Å². The highest BCUT2D eigenvalue weighted by atomic mass is 19.1. The monoisotopic (exact) mass is 260 g/mol. The summed E-state index contributed by atoms with van der Waals surface area (Å²) in [6.45, 7) is 5.23. The van der Waals surface area contributed by atoms with Crippen molar-refractivity contribution >= 4 is 17.5 Å². The van der Waals surface area contributed by atoms with E-state index in [0.717, 1.165) is 5.69 Å². The van der Waals surface area contributed by atoms with Gasteiger partial charge in [0.1, 0.15) is 0 Å². The third-order valence-electron chi connectivity index (χ3n) is 2.70. The van der Waals surface area contributed by atoms with Crippen molar-refractivity contribution in [1.29, 1.82) is 0 Å². The van der Waals surface area contributed by atoms with Gasteiger partial charge in [-0.1, -0.05) is 18.2 Å². The Labute approximate surface area is 112 Å². The summed E-state index contributed by atoms with van der Waals surface area (Å²) in [5.74, 6) is 0.306. The van der Waals surface area contributed by atoms with Crippen LogP contribution in [0.3, 0.4) is 0 Å². The van der Waals surface area contributed by atoms with Crippen molar-refractivity contribution in [3.63, 3.8) is 0 Å². The topological polar surface area (TPSA) is 41.1 Å². The molecule has 0 aliphatic carbocycles. The van der Waals surface area contributed by atoms with Gasteiger partial charge >= 0.3 is 0 Å². The number of aromatic nitrogens is 2. The number of anilines is 3. The van der Waals surface area contributed by atoms with Crippen molar-refractivity contribution in [3.05, 3.63) is 42.3 Å². The standard InChI is InChI=1S/C14H17FN4/c1-3-16-14-17-10-12(15)13(18-14)19(4-2)11-8-6-5-7-9-11/h5-10H,3-4H2,1-2H3,(H,16,17,18). The molecule has 4 nitrogen and oxygen atoms in total. The maximum Gasteiger partial charge on any atom is 0.224 e. The van der Waals surface area contributed by atoms with E-state index >= 15 is 0 Å². The van der Waals surface area contributed by atoms with Gasteiger partial charge in [-0.15, -0.1) is 0 Å². The number of hydrogen-bond acceptors (Lipinski definition) is 4. The molecule has 0 amide bonds. The molecule has 100 valence electrons. The number of rotatable bonds is 5. The van der Waals surface area contributed by atoms with Crippen LogP contribution in [-0.2, 0) is 0 Å². The molecule has 0 fully saturated rings. The van der Waals surface area contributed by atoms with Gasteiger partial charge in [0.05, 0.1) is 6.20 Å². The van der Waals surface area contributed by atoms with Gasteiger partial charge in [-0.25, -0.2) is 9.37 Å². The van der Waals surface area contributed by atoms with Crippen molar-refractivity contribution in [3.8, 4) is 0 Å². The summed E-state index contributed by atoms with van der Waals surface area (Å²) in [5.41, 5.74) is 0.907. The van der Waals surface area contributed by atoms with Crippen LogP contribution in [0.25, 0.3) is 0 Å². The zero-order chi connectivity index (χ0) is 13.7. The molecule has 0 spiro atoms. The summed E-state index contributed by atoms with van der Waals surface area (Å²) in [7, 11) is 0. The minimum atomic E-state index is -0.424. The van der Waals surface area contributed by atoms with Crippen molar-refractivity contribution in [1.82, 2.24) is 9.97 Å². The summed E-state index contributed by atoms with van der Waals surface area (Å²) in [6.07, 6.45) is 1.20. The molecule has 1 aromatic carbocycles. The lowest BCUT2D eigenvalue weighted by Gasteiger charge is -2.22. The molecule has 1 heterocycles. The summed E-state index contributed by atoms with van der Waals surface area (Å²) in [5, 5.41) is 2.99. The molecule has 1 aromatic heterocycles. The molecular weight excluding hydrogens is 243 g/mol. The Bertz CT molecular complexity index is 530. The van der Waals surface area contributed by atoms with E-state index in [-0.39, 0.29) is 0 Å². The second-order valence-corrected chi connectivity index (χ2v) is 3.98. The molecule has 2 aromatic rings. The highest BCUT2D eigenvalue weighted by Gasteiger charge is 2.15. The van der Waals surface area contributed by atoms with Gasteiger partial charge < -0.3 is 10.2 Å². The van der Waals surface area contributed by atoms with Crippen LogP contribution in [0.2, 0.25) is 0 Å². The lowest BCUT2D eigenvalue weighted by molar-refractivity contribution is 0.611. The first-order chi connectivity index (χ1) is 9.26. The molecule has 0 saturated carbocycles. The third kappa shape index (κ3) is 2.99. The van der Waals surface area contributed by atoms with Gasteiger partial charge in [0, 0.05) is 18.8 Å². The third-order valence-corrected chi connectivity index (χ3v) is 2.70. The highest BCUT2D eigenvalue weighted by molar-refractivity contribution is 5.60. The molecule has 0 aliphatic heterocycles. The predicted octanol–water partition coefficient (Wildman–Crippen LogP) is 3.21. The van der Waals surface area contributed by atoms with E-state index in [9.17, 15) is 4.39 Å². The summed E-state index contributed by atoms with van der Waals surface area (Å²) in [6, 6.07) is 9.62. The number of benzene rings is 1. The molecule has 2 rings (SSSR count). The fourth-order valence-electron chi connectivity index (χ4n) is 1.85. The van der Waals surface area contributed by atoms with E-state index in [0.29, 0.717) is 24.9 Å². The van der Waals surface area contributed by atoms with Crippen molar-refractivity contribution in [2.75, 3.05) is 23.3 Å². The number of para-hydroxylation sites is 1. The van der Waals surface area contributed by atoms with E-state index in [1.165, 1.54) is 6.20 Å². The SMILES string of the molecule is CCNc1ncc(F)c(N(CC)c2ccccc2)n1. The Kier molecular flexibility index (Phi) is 4.28. The molecule has 1 N–H and O–H groups in total. The lowest BCUT2D eigenvalue weighted by Crippen LogP contribution is -2.20. The Morgan fingerprint density at radius 3 is 2.58 bits per heavy atom. The summed E-state index contributed by atoms with van der Waals surface area (Å²) in [4.78, 5) is 9.97. The summed E-state index contributed by atoms with van der Waals surface area (Å²) < 4.78 is 13.9. The molecule has 0 radical (unpaired) electrons. The fourth-order valence-corrected chi connectivity index (χ4v) is 1.85. The van der Waals surface area contributed by atoms with Crippen LogP contribution < -0.4 is 10.2 Å². The molecule has 5 heteroatoms. The Hall–Kier alpha value is -2.17. The van der Waals surface area contributed by atoms with Crippen molar-refractivity contribution in [2.24, 2.45) is 0 Å². The van der Waals surface area contributed by atoms with Gasteiger partial charge in [-0.05, 0) is 26.0 Å². The van der Waals surface area contributed by atoms with Crippen LogP contribution in [0.1, 0.15) is 13.8 Å². The first kappa shape index (κ1) is 13.3. The van der Waals surface area contributed by atoms with Crippen LogP contribution in [0.5, 0.6) is 0 Å². The average molecular weight is 260 g/mol. The molecule has 0 aliphatic rings. The number of hydrogen-bond donors (Lipinski definition) is 1. The predicted molar refractivity (Wildman–Crippen MR) is 75.3 cm³/mol. The zero-order valence-corrected chi connectivity index (χ0v) is 11.1. The number of halogens is 1. The molecule has 0 saturated heterocycles. The number of nitrogens with one attached hydrogen (secondary N) is 1. The first-order valence-corrected chi connectivity index (χ1v) is 6.35. The van der Waals surface area contributed by atoms with Crippen LogP contribution in [0, 0.1) is 5.82 Å². The van der Waals surface area contributed by atoms with Crippen molar-refractivity contribution in [2.45, 2.75) is 13.8 Å². The van der Waals surface area contributed by atoms with Crippen molar-refractivity contribution < 1.29 is 4.39 Å². The Balaban J connectivity index is 2.40. The van der Waals surface area contributed by atoms with E-state index in [1.54, 1.807) is 0 Å².